The van der Waals surface area contributed by atoms with Gasteiger partial charge in [0.25, 0.3) is 10.2 Å². The Morgan fingerprint density at radius 1 is 1.26 bits per heavy atom. The molecule has 0 aromatic carbocycles. The molecule has 0 saturated heterocycles. The highest BCUT2D eigenvalue weighted by Crippen LogP contribution is 2.41. The highest BCUT2D eigenvalue weighted by atomic mass is 32.2. The van der Waals surface area contributed by atoms with Crippen LogP contribution in [0.25, 0.3) is 0 Å². The minimum absolute atomic E-state index is 0.528. The first-order valence-electron chi connectivity index (χ1n) is 6.73. The Balaban J connectivity index is 1.82. The van der Waals surface area contributed by atoms with Crippen molar-refractivity contribution in [1.29, 1.82) is 0 Å². The van der Waals surface area contributed by atoms with Gasteiger partial charge in [-0.05, 0) is 24.8 Å². The van der Waals surface area contributed by atoms with Crippen molar-refractivity contribution >= 4 is 10.2 Å². The van der Waals surface area contributed by atoms with Crippen LogP contribution in [0.5, 0.6) is 0 Å². The molecule has 1 N–H and O–H groups in total. The van der Waals surface area contributed by atoms with Crippen molar-refractivity contribution in [3.05, 3.63) is 17.0 Å². The summed E-state index contributed by atoms with van der Waals surface area (Å²) in [5.41, 5.74) is 3.57. The van der Waals surface area contributed by atoms with Gasteiger partial charge >= 0.3 is 0 Å². The summed E-state index contributed by atoms with van der Waals surface area (Å²) in [5, 5.41) is 7.52. The normalized spacial score (nSPS) is 21.4. The first kappa shape index (κ1) is 13.1. The molecule has 106 valence electrons. The average Bonchev–Trinajstić information content (AvgIpc) is 3.15. The molecule has 0 unspecified atom stereocenters. The Labute approximate surface area is 114 Å². The molecule has 1 aromatic rings. The zero-order valence-electron chi connectivity index (χ0n) is 11.4. The van der Waals surface area contributed by atoms with E-state index in [-0.39, 0.29) is 0 Å². The van der Waals surface area contributed by atoms with Crippen LogP contribution in [0, 0.1) is 0 Å². The molecule has 0 radical (unpaired) electrons. The monoisotopic (exact) mass is 284 g/mol. The van der Waals surface area contributed by atoms with Gasteiger partial charge in [0.05, 0.1) is 5.69 Å². The van der Waals surface area contributed by atoms with Crippen molar-refractivity contribution in [2.45, 2.75) is 31.6 Å². The third-order valence-corrected chi connectivity index (χ3v) is 5.90. The second-order valence-electron chi connectivity index (χ2n) is 5.53. The van der Waals surface area contributed by atoms with Crippen molar-refractivity contribution in [3.63, 3.8) is 0 Å². The molecule has 1 aliphatic heterocycles. The number of aromatic amines is 1. The second kappa shape index (κ2) is 4.57. The Bertz CT molecular complexity index is 575. The number of hydrogen-bond donors (Lipinski definition) is 1. The lowest BCUT2D eigenvalue weighted by Gasteiger charge is -2.23. The lowest BCUT2D eigenvalue weighted by Crippen LogP contribution is -2.41. The third kappa shape index (κ3) is 2.30. The lowest BCUT2D eigenvalue weighted by atomic mass is 10.1. The largest absolute Gasteiger partial charge is 0.282 e. The van der Waals surface area contributed by atoms with Crippen molar-refractivity contribution in [3.8, 4) is 0 Å². The third-order valence-electron chi connectivity index (χ3n) is 3.96. The Kier molecular flexibility index (Phi) is 3.15. The van der Waals surface area contributed by atoms with E-state index in [1.165, 1.54) is 28.4 Å². The SMILES string of the molecule is CN(C)S(=O)(=O)N1CCc2[nH]nc(C3CC3)c2CC1. The van der Waals surface area contributed by atoms with Crippen LogP contribution in [0.4, 0.5) is 0 Å². The van der Waals surface area contributed by atoms with Crippen molar-refractivity contribution in [2.24, 2.45) is 0 Å². The first-order valence-corrected chi connectivity index (χ1v) is 8.13. The molecule has 1 fully saturated rings. The minimum Gasteiger partial charge on any atom is -0.282 e. The predicted octanol–water partition coefficient (Wildman–Crippen LogP) is 0.494. The van der Waals surface area contributed by atoms with Crippen LogP contribution < -0.4 is 0 Å². The Morgan fingerprint density at radius 2 is 1.95 bits per heavy atom. The minimum atomic E-state index is -3.30. The van der Waals surface area contributed by atoms with Crippen LogP contribution in [0.3, 0.4) is 0 Å². The van der Waals surface area contributed by atoms with Crippen molar-refractivity contribution in [2.75, 3.05) is 27.2 Å². The van der Waals surface area contributed by atoms with E-state index in [1.807, 2.05) is 0 Å². The summed E-state index contributed by atoms with van der Waals surface area (Å²) in [6.07, 6.45) is 3.93. The predicted molar refractivity (Wildman–Crippen MR) is 72.2 cm³/mol. The molecule has 7 heteroatoms. The van der Waals surface area contributed by atoms with Gasteiger partial charge < -0.3 is 0 Å². The zero-order chi connectivity index (χ0) is 13.6. The van der Waals surface area contributed by atoms with Crippen LogP contribution in [0.15, 0.2) is 0 Å². The summed E-state index contributed by atoms with van der Waals surface area (Å²) in [6.45, 7) is 1.08. The highest BCUT2D eigenvalue weighted by molar-refractivity contribution is 7.86. The topological polar surface area (TPSA) is 69.3 Å². The molecule has 6 nitrogen and oxygen atoms in total. The maximum absolute atomic E-state index is 12.2. The maximum Gasteiger partial charge on any atom is 0.281 e. The van der Waals surface area contributed by atoms with Crippen LogP contribution in [-0.2, 0) is 23.1 Å². The van der Waals surface area contributed by atoms with Gasteiger partial charge in [-0.1, -0.05) is 0 Å². The standard InChI is InChI=1S/C12H20N4O2S/c1-15(2)19(17,18)16-7-5-10-11(6-8-16)13-14-12(10)9-3-4-9/h9H,3-8H2,1-2H3,(H,13,14). The van der Waals surface area contributed by atoms with E-state index >= 15 is 0 Å². The average molecular weight is 284 g/mol. The van der Waals surface area contributed by atoms with Gasteiger partial charge in [-0.15, -0.1) is 0 Å². The Hall–Kier alpha value is -0.920. The quantitative estimate of drug-likeness (QED) is 0.878. The summed E-state index contributed by atoms with van der Waals surface area (Å²) in [7, 11) is -0.144. The van der Waals surface area contributed by atoms with Gasteiger partial charge in [-0.2, -0.15) is 22.1 Å². The number of nitrogens with one attached hydrogen (secondary N) is 1. The fraction of sp³-hybridized carbons (Fsp3) is 0.750. The fourth-order valence-corrected chi connectivity index (χ4v) is 3.75. The summed E-state index contributed by atoms with van der Waals surface area (Å²) in [4.78, 5) is 0. The van der Waals surface area contributed by atoms with E-state index in [2.05, 4.69) is 10.2 Å². The molecule has 1 saturated carbocycles. The molecular weight excluding hydrogens is 264 g/mol. The fourth-order valence-electron chi connectivity index (χ4n) is 2.64. The highest BCUT2D eigenvalue weighted by Gasteiger charge is 2.33. The number of nitrogens with zero attached hydrogens (tertiary/aromatic N) is 3. The number of H-pyrrole nitrogens is 1. The maximum atomic E-state index is 12.2. The smallest absolute Gasteiger partial charge is 0.281 e. The van der Waals surface area contributed by atoms with E-state index in [0.717, 1.165) is 18.5 Å². The molecule has 0 bridgehead atoms. The van der Waals surface area contributed by atoms with Gasteiger partial charge in [0, 0.05) is 45.2 Å². The second-order valence-corrected chi connectivity index (χ2v) is 7.67. The van der Waals surface area contributed by atoms with E-state index in [1.54, 1.807) is 18.4 Å². The van der Waals surface area contributed by atoms with Crippen molar-refractivity contribution < 1.29 is 8.42 Å². The molecule has 1 aliphatic carbocycles. The van der Waals surface area contributed by atoms with Gasteiger partial charge in [-0.25, -0.2) is 0 Å². The molecule has 2 heterocycles. The molecular formula is C12H20N4O2S. The lowest BCUT2D eigenvalue weighted by molar-refractivity contribution is 0.385. The van der Waals surface area contributed by atoms with Crippen molar-refractivity contribution in [1.82, 2.24) is 18.8 Å². The van der Waals surface area contributed by atoms with Crippen LogP contribution in [-0.4, -0.2) is 54.4 Å². The molecule has 19 heavy (non-hydrogen) atoms. The van der Waals surface area contributed by atoms with E-state index in [4.69, 9.17) is 0 Å². The van der Waals surface area contributed by atoms with E-state index in [0.29, 0.717) is 19.0 Å². The number of aromatic nitrogens is 2. The van der Waals surface area contributed by atoms with Crippen LogP contribution in [0.2, 0.25) is 0 Å². The van der Waals surface area contributed by atoms with E-state index < -0.39 is 10.2 Å². The Morgan fingerprint density at radius 3 is 2.58 bits per heavy atom. The molecule has 3 rings (SSSR count). The molecule has 0 atom stereocenters. The zero-order valence-corrected chi connectivity index (χ0v) is 12.2. The van der Waals surface area contributed by atoms with Gasteiger partial charge in [-0.3, -0.25) is 5.10 Å². The summed E-state index contributed by atoms with van der Waals surface area (Å²) >= 11 is 0. The van der Waals surface area contributed by atoms with Crippen LogP contribution >= 0.6 is 0 Å². The van der Waals surface area contributed by atoms with Gasteiger partial charge in [0.1, 0.15) is 0 Å². The van der Waals surface area contributed by atoms with E-state index in [9.17, 15) is 8.42 Å². The number of hydrogen-bond acceptors (Lipinski definition) is 3. The first-order chi connectivity index (χ1) is 9.00. The summed E-state index contributed by atoms with van der Waals surface area (Å²) in [6, 6.07) is 0. The van der Waals surface area contributed by atoms with Gasteiger partial charge in [0.2, 0.25) is 0 Å². The summed E-state index contributed by atoms with van der Waals surface area (Å²) < 4.78 is 27.2. The molecule has 2 aliphatic rings. The van der Waals surface area contributed by atoms with Gasteiger partial charge in [0.15, 0.2) is 0 Å². The molecule has 0 amide bonds. The molecule has 0 spiro atoms. The van der Waals surface area contributed by atoms with Crippen LogP contribution in [0.1, 0.15) is 35.7 Å². The summed E-state index contributed by atoms with van der Waals surface area (Å²) in [5.74, 6) is 0.608. The molecule has 1 aromatic heterocycles. The number of fused-ring (bicyclic) bond motifs is 1. The number of rotatable bonds is 3.